The molecule has 1 fully saturated rings. The van der Waals surface area contributed by atoms with Crippen LogP contribution in [0.15, 0.2) is 21.2 Å². The van der Waals surface area contributed by atoms with Crippen LogP contribution in [-0.4, -0.2) is 17.9 Å². The molecule has 0 aliphatic carbocycles. The molecule has 0 spiro atoms. The van der Waals surface area contributed by atoms with E-state index in [2.05, 4.69) is 26.6 Å². The van der Waals surface area contributed by atoms with Crippen molar-refractivity contribution in [2.75, 3.05) is 0 Å². The fraction of sp³-hybridized carbons (Fsp3) is 0.400. The van der Waals surface area contributed by atoms with Crippen LogP contribution in [0.2, 0.25) is 0 Å². The van der Waals surface area contributed by atoms with Gasteiger partial charge in [0.15, 0.2) is 0 Å². The molecule has 1 unspecified atom stereocenters. The van der Waals surface area contributed by atoms with Crippen molar-refractivity contribution in [3.63, 3.8) is 0 Å². The number of carbonyl (C=O) groups is 2. The van der Waals surface area contributed by atoms with Gasteiger partial charge >= 0.3 is 0 Å². The van der Waals surface area contributed by atoms with Gasteiger partial charge in [-0.1, -0.05) is 0 Å². The second-order valence-electron chi connectivity index (χ2n) is 3.58. The van der Waals surface area contributed by atoms with E-state index >= 15 is 0 Å². The van der Waals surface area contributed by atoms with E-state index in [9.17, 15) is 9.59 Å². The molecule has 2 amide bonds. The lowest BCUT2D eigenvalue weighted by Gasteiger charge is -2.21. The highest BCUT2D eigenvalue weighted by Gasteiger charge is 2.26. The molecular weight excluding hydrogens is 276 g/mol. The van der Waals surface area contributed by atoms with Crippen molar-refractivity contribution >= 4 is 27.7 Å². The summed E-state index contributed by atoms with van der Waals surface area (Å²) >= 11 is 3.33. The molecule has 2 N–H and O–H groups in total. The van der Waals surface area contributed by atoms with Crippen molar-refractivity contribution in [1.29, 1.82) is 0 Å². The van der Waals surface area contributed by atoms with E-state index in [0.29, 0.717) is 19.4 Å². The number of imide groups is 1. The van der Waals surface area contributed by atoms with E-state index in [1.54, 1.807) is 12.3 Å². The number of furan rings is 1. The lowest BCUT2D eigenvalue weighted by atomic mass is 10.1. The molecule has 1 aliphatic heterocycles. The Morgan fingerprint density at radius 3 is 3.00 bits per heavy atom. The minimum absolute atomic E-state index is 0.206. The Morgan fingerprint density at radius 2 is 2.38 bits per heavy atom. The van der Waals surface area contributed by atoms with Gasteiger partial charge in [0.2, 0.25) is 11.8 Å². The summed E-state index contributed by atoms with van der Waals surface area (Å²) in [5, 5.41) is 5.34. The molecule has 5 nitrogen and oxygen atoms in total. The van der Waals surface area contributed by atoms with Gasteiger partial charge in [-0.25, -0.2) is 0 Å². The molecular formula is C10H11BrN2O3. The second-order valence-corrected chi connectivity index (χ2v) is 4.43. The maximum absolute atomic E-state index is 11.4. The third-order valence-electron chi connectivity index (χ3n) is 2.44. The average molecular weight is 287 g/mol. The molecule has 0 aromatic carbocycles. The minimum Gasteiger partial charge on any atom is -0.467 e. The Morgan fingerprint density at radius 1 is 1.56 bits per heavy atom. The topological polar surface area (TPSA) is 71.3 Å². The number of nitrogens with one attached hydrogen (secondary N) is 2. The van der Waals surface area contributed by atoms with Crippen molar-refractivity contribution in [2.45, 2.75) is 25.4 Å². The lowest BCUT2D eigenvalue weighted by Crippen LogP contribution is -2.50. The Hall–Kier alpha value is -1.14. The summed E-state index contributed by atoms with van der Waals surface area (Å²) in [4.78, 5) is 22.3. The van der Waals surface area contributed by atoms with E-state index in [0.717, 1.165) is 10.2 Å². The number of hydrogen-bond donors (Lipinski definition) is 2. The molecule has 86 valence electrons. The summed E-state index contributed by atoms with van der Waals surface area (Å²) in [5.41, 5.74) is 0. The molecule has 2 rings (SSSR count). The standard InChI is InChI=1S/C10H11BrN2O3/c11-6-3-4-16-8(6)5-12-7-1-2-9(14)13-10(7)15/h3-4,7,12H,1-2,5H2,(H,13,14,15). The van der Waals surface area contributed by atoms with Crippen LogP contribution < -0.4 is 10.6 Å². The molecule has 1 aromatic rings. The van der Waals surface area contributed by atoms with Gasteiger partial charge in [-0.3, -0.25) is 20.2 Å². The molecule has 1 aromatic heterocycles. The molecule has 6 heteroatoms. The summed E-state index contributed by atoms with van der Waals surface area (Å²) in [6.07, 6.45) is 2.48. The van der Waals surface area contributed by atoms with Gasteiger partial charge in [-0.15, -0.1) is 0 Å². The maximum atomic E-state index is 11.4. The molecule has 1 aliphatic rings. The van der Waals surface area contributed by atoms with Crippen molar-refractivity contribution in [3.05, 3.63) is 22.6 Å². The zero-order chi connectivity index (χ0) is 11.5. The van der Waals surface area contributed by atoms with Gasteiger partial charge in [0.05, 0.1) is 23.3 Å². The van der Waals surface area contributed by atoms with Crippen molar-refractivity contribution in [3.8, 4) is 0 Å². The Labute approximate surface area is 101 Å². The van der Waals surface area contributed by atoms with Crippen LogP contribution in [0.1, 0.15) is 18.6 Å². The number of amides is 2. The Kier molecular flexibility index (Phi) is 3.40. The summed E-state index contributed by atoms with van der Waals surface area (Å²) in [7, 11) is 0. The minimum atomic E-state index is -0.324. The average Bonchev–Trinajstić information content (AvgIpc) is 2.63. The number of rotatable bonds is 3. The predicted molar refractivity (Wildman–Crippen MR) is 59.4 cm³/mol. The number of hydrogen-bond acceptors (Lipinski definition) is 4. The third-order valence-corrected chi connectivity index (χ3v) is 3.15. The summed E-state index contributed by atoms with van der Waals surface area (Å²) in [6.45, 7) is 0.458. The Bertz CT molecular complexity index is 416. The number of carbonyl (C=O) groups excluding carboxylic acids is 2. The first-order chi connectivity index (χ1) is 7.66. The van der Waals surface area contributed by atoms with E-state index in [1.165, 1.54) is 0 Å². The molecule has 1 atom stereocenters. The largest absolute Gasteiger partial charge is 0.467 e. The Balaban J connectivity index is 1.89. The van der Waals surface area contributed by atoms with Crippen LogP contribution in [0.4, 0.5) is 0 Å². The highest BCUT2D eigenvalue weighted by atomic mass is 79.9. The molecule has 16 heavy (non-hydrogen) atoms. The molecule has 0 bridgehead atoms. The van der Waals surface area contributed by atoms with Crippen LogP contribution in [0.3, 0.4) is 0 Å². The fourth-order valence-electron chi connectivity index (χ4n) is 1.56. The summed E-state index contributed by atoms with van der Waals surface area (Å²) in [5.74, 6) is 0.269. The van der Waals surface area contributed by atoms with Crippen LogP contribution in [0, 0.1) is 0 Å². The van der Waals surface area contributed by atoms with Gasteiger partial charge < -0.3 is 4.42 Å². The quantitative estimate of drug-likeness (QED) is 0.812. The van der Waals surface area contributed by atoms with E-state index in [-0.39, 0.29) is 17.9 Å². The lowest BCUT2D eigenvalue weighted by molar-refractivity contribution is -0.134. The molecule has 0 radical (unpaired) electrons. The van der Waals surface area contributed by atoms with Crippen LogP contribution in [0.5, 0.6) is 0 Å². The fourth-order valence-corrected chi connectivity index (χ4v) is 1.90. The van der Waals surface area contributed by atoms with Crippen molar-refractivity contribution < 1.29 is 14.0 Å². The van der Waals surface area contributed by atoms with Crippen LogP contribution >= 0.6 is 15.9 Å². The van der Waals surface area contributed by atoms with E-state index in [1.807, 2.05) is 0 Å². The smallest absolute Gasteiger partial charge is 0.243 e. The van der Waals surface area contributed by atoms with Gasteiger partial charge in [0.1, 0.15) is 5.76 Å². The molecule has 1 saturated heterocycles. The normalized spacial score (nSPS) is 20.9. The highest BCUT2D eigenvalue weighted by Crippen LogP contribution is 2.17. The summed E-state index contributed by atoms with van der Waals surface area (Å²) < 4.78 is 6.07. The predicted octanol–water partition coefficient (Wildman–Crippen LogP) is 0.937. The van der Waals surface area contributed by atoms with Gasteiger partial charge in [-0.2, -0.15) is 0 Å². The SMILES string of the molecule is O=C1CCC(NCc2occc2Br)C(=O)N1. The first-order valence-electron chi connectivity index (χ1n) is 4.96. The van der Waals surface area contributed by atoms with E-state index in [4.69, 9.17) is 4.42 Å². The maximum Gasteiger partial charge on any atom is 0.243 e. The molecule has 2 heterocycles. The highest BCUT2D eigenvalue weighted by molar-refractivity contribution is 9.10. The van der Waals surface area contributed by atoms with Crippen molar-refractivity contribution in [2.24, 2.45) is 0 Å². The monoisotopic (exact) mass is 286 g/mol. The van der Waals surface area contributed by atoms with Crippen LogP contribution in [0.25, 0.3) is 0 Å². The number of halogens is 1. The van der Waals surface area contributed by atoms with Crippen LogP contribution in [-0.2, 0) is 16.1 Å². The number of piperidine rings is 1. The first kappa shape index (κ1) is 11.3. The third kappa shape index (κ3) is 2.51. The first-order valence-corrected chi connectivity index (χ1v) is 5.75. The van der Waals surface area contributed by atoms with Crippen molar-refractivity contribution in [1.82, 2.24) is 10.6 Å². The zero-order valence-electron chi connectivity index (χ0n) is 8.46. The van der Waals surface area contributed by atoms with Gasteiger partial charge in [-0.05, 0) is 28.4 Å². The van der Waals surface area contributed by atoms with Gasteiger partial charge in [0, 0.05) is 6.42 Å². The zero-order valence-corrected chi connectivity index (χ0v) is 10.0. The summed E-state index contributed by atoms with van der Waals surface area (Å²) in [6, 6.07) is 1.47. The molecule has 0 saturated carbocycles. The second kappa shape index (κ2) is 4.80. The van der Waals surface area contributed by atoms with E-state index < -0.39 is 0 Å². The van der Waals surface area contributed by atoms with Gasteiger partial charge in [0.25, 0.3) is 0 Å².